The Labute approximate surface area is 168 Å². The van der Waals surface area contributed by atoms with Gasteiger partial charge in [0, 0.05) is 31.0 Å². The molecule has 0 unspecified atom stereocenters. The number of hydrogen-bond acceptors (Lipinski definition) is 4. The molecule has 6 nitrogen and oxygen atoms in total. The highest BCUT2D eigenvalue weighted by Crippen LogP contribution is 2.24. The second kappa shape index (κ2) is 9.71. The Morgan fingerprint density at radius 3 is 2.18 bits per heavy atom. The summed E-state index contributed by atoms with van der Waals surface area (Å²) in [6.45, 7) is 9.04. The Hall–Kier alpha value is -2.38. The molecule has 1 N–H and O–H groups in total. The van der Waals surface area contributed by atoms with E-state index in [2.05, 4.69) is 5.32 Å². The molecule has 0 aliphatic heterocycles. The Kier molecular flexibility index (Phi) is 7.60. The number of rotatable bonds is 9. The van der Waals surface area contributed by atoms with E-state index in [9.17, 15) is 13.2 Å². The molecular formula is C21H29N3O3S. The van der Waals surface area contributed by atoms with Gasteiger partial charge in [-0.25, -0.2) is 8.42 Å². The number of amides is 1. The molecule has 1 amide bonds. The minimum Gasteiger partial charge on any atom is -0.362 e. The number of carbonyl (C=O) groups excluding carboxylic acids is 1. The predicted molar refractivity (Wildman–Crippen MR) is 114 cm³/mol. The molecule has 7 heteroatoms. The number of benzene rings is 2. The lowest BCUT2D eigenvalue weighted by Crippen LogP contribution is -2.33. The first-order valence-electron chi connectivity index (χ1n) is 9.54. The first-order valence-corrected chi connectivity index (χ1v) is 11.0. The van der Waals surface area contributed by atoms with Gasteiger partial charge in [-0.05, 0) is 43.7 Å². The van der Waals surface area contributed by atoms with E-state index in [4.69, 9.17) is 0 Å². The van der Waals surface area contributed by atoms with Crippen molar-refractivity contribution in [2.24, 2.45) is 0 Å². The lowest BCUT2D eigenvalue weighted by Gasteiger charge is -2.23. The third kappa shape index (κ3) is 5.11. The average Bonchev–Trinajstić information content (AvgIpc) is 2.69. The number of sulfonamides is 1. The summed E-state index contributed by atoms with van der Waals surface area (Å²) in [4.78, 5) is 14.7. The van der Waals surface area contributed by atoms with Crippen LogP contribution in [0.1, 0.15) is 26.3 Å². The van der Waals surface area contributed by atoms with Crippen molar-refractivity contribution in [3.05, 3.63) is 54.1 Å². The van der Waals surface area contributed by atoms with E-state index in [1.165, 1.54) is 4.31 Å². The molecular weight excluding hydrogens is 374 g/mol. The topological polar surface area (TPSA) is 69.7 Å². The summed E-state index contributed by atoms with van der Waals surface area (Å²) in [5.74, 6) is -0.194. The normalized spacial score (nSPS) is 11.5. The molecule has 152 valence electrons. The first kappa shape index (κ1) is 21.9. The van der Waals surface area contributed by atoms with Gasteiger partial charge >= 0.3 is 0 Å². The van der Waals surface area contributed by atoms with Gasteiger partial charge in [0.15, 0.2) is 0 Å². The third-order valence-corrected chi connectivity index (χ3v) is 6.82. The van der Waals surface area contributed by atoms with Gasteiger partial charge in [0.05, 0.1) is 11.4 Å². The minimum atomic E-state index is -3.59. The highest BCUT2D eigenvalue weighted by atomic mass is 32.2. The van der Waals surface area contributed by atoms with Crippen LogP contribution in [0.3, 0.4) is 0 Å². The molecule has 0 aliphatic rings. The van der Waals surface area contributed by atoms with Crippen LogP contribution in [0.4, 0.5) is 11.4 Å². The quantitative estimate of drug-likeness (QED) is 0.696. The smallest absolute Gasteiger partial charge is 0.243 e. The van der Waals surface area contributed by atoms with Crippen LogP contribution in [0.25, 0.3) is 0 Å². The lowest BCUT2D eigenvalue weighted by molar-refractivity contribution is -0.115. The molecule has 2 aromatic rings. The number of para-hydroxylation sites is 1. The number of likely N-dealkylation sites (N-methyl/N-ethyl adjacent to an activating group) is 1. The van der Waals surface area contributed by atoms with Gasteiger partial charge in [-0.15, -0.1) is 0 Å². The summed E-state index contributed by atoms with van der Waals surface area (Å²) in [7, 11) is -3.59. The van der Waals surface area contributed by atoms with E-state index in [-0.39, 0.29) is 17.3 Å². The summed E-state index contributed by atoms with van der Waals surface area (Å²) in [5.41, 5.74) is 2.10. The van der Waals surface area contributed by atoms with E-state index in [1.54, 1.807) is 25.1 Å². The van der Waals surface area contributed by atoms with Gasteiger partial charge in [0.2, 0.25) is 15.9 Å². The summed E-state index contributed by atoms with van der Waals surface area (Å²) in [5, 5.41) is 2.83. The van der Waals surface area contributed by atoms with Crippen molar-refractivity contribution in [3.63, 3.8) is 0 Å². The number of carbonyl (C=O) groups is 1. The molecule has 2 aromatic carbocycles. The molecule has 0 saturated carbocycles. The number of anilines is 2. The van der Waals surface area contributed by atoms with Gasteiger partial charge in [0.25, 0.3) is 0 Å². The molecule has 0 spiro atoms. The number of nitrogens with zero attached hydrogens (tertiary/aromatic N) is 2. The Bertz CT molecular complexity index is 894. The summed E-state index contributed by atoms with van der Waals surface area (Å²) < 4.78 is 27.1. The predicted octanol–water partition coefficient (Wildman–Crippen LogP) is 3.49. The van der Waals surface area contributed by atoms with Crippen LogP contribution < -0.4 is 10.2 Å². The first-order chi connectivity index (χ1) is 13.3. The van der Waals surface area contributed by atoms with Crippen molar-refractivity contribution in [3.8, 4) is 0 Å². The maximum absolute atomic E-state index is 12.9. The van der Waals surface area contributed by atoms with Crippen molar-refractivity contribution in [1.29, 1.82) is 0 Å². The fourth-order valence-electron chi connectivity index (χ4n) is 3.06. The zero-order valence-electron chi connectivity index (χ0n) is 17.0. The van der Waals surface area contributed by atoms with E-state index < -0.39 is 10.0 Å². The number of nitrogens with one attached hydrogen (secondary N) is 1. The fraction of sp³-hybridized carbons (Fsp3) is 0.381. The van der Waals surface area contributed by atoms with Crippen LogP contribution in [0, 0.1) is 6.92 Å². The van der Waals surface area contributed by atoms with Gasteiger partial charge in [-0.1, -0.05) is 38.1 Å². The zero-order valence-corrected chi connectivity index (χ0v) is 17.8. The van der Waals surface area contributed by atoms with Crippen LogP contribution in [0.2, 0.25) is 0 Å². The highest BCUT2D eigenvalue weighted by Gasteiger charge is 2.24. The van der Waals surface area contributed by atoms with Gasteiger partial charge in [0.1, 0.15) is 0 Å². The van der Waals surface area contributed by atoms with Crippen molar-refractivity contribution < 1.29 is 13.2 Å². The van der Waals surface area contributed by atoms with E-state index >= 15 is 0 Å². The zero-order chi connectivity index (χ0) is 20.7. The Morgan fingerprint density at radius 2 is 1.61 bits per heavy atom. The van der Waals surface area contributed by atoms with Crippen LogP contribution in [0.5, 0.6) is 0 Å². The maximum atomic E-state index is 12.9. The minimum absolute atomic E-state index is 0.187. The average molecular weight is 404 g/mol. The largest absolute Gasteiger partial charge is 0.362 e. The molecule has 0 radical (unpaired) electrons. The molecule has 2 rings (SSSR count). The van der Waals surface area contributed by atoms with Gasteiger partial charge in [-0.2, -0.15) is 4.31 Å². The summed E-state index contributed by atoms with van der Waals surface area (Å²) >= 11 is 0. The van der Waals surface area contributed by atoms with Crippen LogP contribution in [-0.2, 0) is 14.8 Å². The van der Waals surface area contributed by atoms with Crippen molar-refractivity contribution in [2.45, 2.75) is 32.6 Å². The molecule has 0 saturated heterocycles. The van der Waals surface area contributed by atoms with Gasteiger partial charge < -0.3 is 10.2 Å². The summed E-state index contributed by atoms with van der Waals surface area (Å²) in [6, 6.07) is 14.7. The van der Waals surface area contributed by atoms with Crippen molar-refractivity contribution in [1.82, 2.24) is 4.31 Å². The Balaban J connectivity index is 2.19. The lowest BCUT2D eigenvalue weighted by atomic mass is 10.2. The Morgan fingerprint density at radius 1 is 0.964 bits per heavy atom. The molecule has 0 aromatic heterocycles. The standard InChI is InChI=1S/C21H29N3O3S/c1-5-23(19-11-9-8-10-12-19)16-21(25)22-18-14-13-17(4)20(15-18)28(26,27)24(6-2)7-3/h8-15H,5-7,16H2,1-4H3,(H,22,25). The molecule has 0 bridgehead atoms. The van der Waals surface area contributed by atoms with Crippen LogP contribution in [-0.4, -0.2) is 44.8 Å². The third-order valence-electron chi connectivity index (χ3n) is 4.63. The second-order valence-electron chi connectivity index (χ2n) is 6.47. The molecule has 0 aliphatic carbocycles. The van der Waals surface area contributed by atoms with Crippen molar-refractivity contribution >= 4 is 27.3 Å². The highest BCUT2D eigenvalue weighted by molar-refractivity contribution is 7.89. The molecule has 0 fully saturated rings. The monoisotopic (exact) mass is 403 g/mol. The van der Waals surface area contributed by atoms with Gasteiger partial charge in [-0.3, -0.25) is 4.79 Å². The van der Waals surface area contributed by atoms with E-state index in [0.717, 1.165) is 5.69 Å². The van der Waals surface area contributed by atoms with E-state index in [1.807, 2.05) is 56.0 Å². The summed E-state index contributed by atoms with van der Waals surface area (Å²) in [6.07, 6.45) is 0. The molecule has 0 atom stereocenters. The molecule has 28 heavy (non-hydrogen) atoms. The number of hydrogen-bond donors (Lipinski definition) is 1. The van der Waals surface area contributed by atoms with Crippen LogP contribution >= 0.6 is 0 Å². The van der Waals surface area contributed by atoms with Crippen LogP contribution in [0.15, 0.2) is 53.4 Å². The SMILES string of the molecule is CCN(CC(=O)Nc1ccc(C)c(S(=O)(=O)N(CC)CC)c1)c1ccccc1. The molecule has 0 heterocycles. The number of aryl methyl sites for hydroxylation is 1. The second-order valence-corrected chi connectivity index (χ2v) is 8.37. The fourth-order valence-corrected chi connectivity index (χ4v) is 4.77. The maximum Gasteiger partial charge on any atom is 0.243 e. The van der Waals surface area contributed by atoms with Crippen molar-refractivity contribution in [2.75, 3.05) is 36.4 Å². The van der Waals surface area contributed by atoms with E-state index in [0.29, 0.717) is 30.9 Å².